The number of esters is 1. The Labute approximate surface area is 80.9 Å². The highest BCUT2D eigenvalue weighted by Gasteiger charge is 2.10. The molecule has 1 heterocycles. The van der Waals surface area contributed by atoms with Crippen LogP contribution in [0.3, 0.4) is 0 Å². The first-order chi connectivity index (χ1) is 6.15. The van der Waals surface area contributed by atoms with E-state index in [9.17, 15) is 4.79 Å². The third-order valence-corrected chi connectivity index (χ3v) is 1.71. The molecule has 0 fully saturated rings. The number of halogens is 1. The fourth-order valence-corrected chi connectivity index (χ4v) is 0.954. The molecule has 0 aliphatic heterocycles. The molecule has 0 spiro atoms. The minimum Gasteiger partial charge on any atom is -0.421 e. The van der Waals surface area contributed by atoms with Crippen LogP contribution in [0.4, 0.5) is 0 Å². The summed E-state index contributed by atoms with van der Waals surface area (Å²) >= 11 is 5.70. The van der Waals surface area contributed by atoms with Gasteiger partial charge in [0.2, 0.25) is 0 Å². The van der Waals surface area contributed by atoms with Crippen molar-refractivity contribution in [3.8, 4) is 5.75 Å². The number of carbonyl (C=O) groups is 1. The Kier molecular flexibility index (Phi) is 3.19. The molecule has 0 radical (unpaired) electrons. The maximum absolute atomic E-state index is 10.9. The van der Waals surface area contributed by atoms with E-state index in [2.05, 4.69) is 9.97 Å². The highest BCUT2D eigenvalue weighted by Crippen LogP contribution is 2.23. The van der Waals surface area contributed by atoms with Crippen molar-refractivity contribution < 1.29 is 9.53 Å². The van der Waals surface area contributed by atoms with Gasteiger partial charge in [-0.15, -0.1) is 0 Å². The van der Waals surface area contributed by atoms with Gasteiger partial charge in [0, 0.05) is 6.42 Å². The van der Waals surface area contributed by atoms with E-state index >= 15 is 0 Å². The Morgan fingerprint density at radius 3 is 2.85 bits per heavy atom. The number of aromatic nitrogens is 2. The maximum Gasteiger partial charge on any atom is 0.311 e. The van der Waals surface area contributed by atoms with Gasteiger partial charge >= 0.3 is 5.97 Å². The lowest BCUT2D eigenvalue weighted by Crippen LogP contribution is -2.08. The van der Waals surface area contributed by atoms with Gasteiger partial charge in [-0.25, -0.2) is 9.97 Å². The van der Waals surface area contributed by atoms with Crippen LogP contribution in [0.15, 0.2) is 6.33 Å². The molecule has 0 saturated heterocycles. The van der Waals surface area contributed by atoms with E-state index in [1.165, 1.54) is 6.33 Å². The van der Waals surface area contributed by atoms with Crippen LogP contribution in [0.25, 0.3) is 0 Å². The van der Waals surface area contributed by atoms with E-state index < -0.39 is 0 Å². The lowest BCUT2D eigenvalue weighted by molar-refractivity contribution is -0.134. The smallest absolute Gasteiger partial charge is 0.311 e. The van der Waals surface area contributed by atoms with Crippen molar-refractivity contribution in [2.75, 3.05) is 0 Å². The van der Waals surface area contributed by atoms with Crippen LogP contribution < -0.4 is 4.74 Å². The van der Waals surface area contributed by atoms with Crippen molar-refractivity contribution in [1.82, 2.24) is 9.97 Å². The van der Waals surface area contributed by atoms with Crippen LogP contribution in [0.1, 0.15) is 19.0 Å². The van der Waals surface area contributed by atoms with Crippen LogP contribution in [-0.2, 0) is 4.79 Å². The first-order valence-electron chi connectivity index (χ1n) is 3.83. The highest BCUT2D eigenvalue weighted by molar-refractivity contribution is 6.31. The summed E-state index contributed by atoms with van der Waals surface area (Å²) in [6.45, 7) is 3.40. The quantitative estimate of drug-likeness (QED) is 0.539. The van der Waals surface area contributed by atoms with Crippen LogP contribution in [0, 0.1) is 6.92 Å². The molecule has 0 unspecified atom stereocenters. The minimum atomic E-state index is -0.347. The average molecular weight is 201 g/mol. The first kappa shape index (κ1) is 9.92. The van der Waals surface area contributed by atoms with Gasteiger partial charge in [-0.2, -0.15) is 0 Å². The van der Waals surface area contributed by atoms with Gasteiger partial charge in [0.1, 0.15) is 6.33 Å². The molecule has 0 aliphatic rings. The highest BCUT2D eigenvalue weighted by atomic mass is 35.5. The molecule has 1 rings (SSSR count). The van der Waals surface area contributed by atoms with Crippen molar-refractivity contribution in [3.05, 3.63) is 17.2 Å². The normalized spacial score (nSPS) is 9.77. The van der Waals surface area contributed by atoms with Crippen LogP contribution in [0.5, 0.6) is 5.75 Å². The van der Waals surface area contributed by atoms with Crippen LogP contribution in [-0.4, -0.2) is 15.9 Å². The molecular formula is C8H9ClN2O2. The number of nitrogens with zero attached hydrogens (tertiary/aromatic N) is 2. The largest absolute Gasteiger partial charge is 0.421 e. The second-order valence-corrected chi connectivity index (χ2v) is 2.76. The zero-order valence-corrected chi connectivity index (χ0v) is 8.13. The molecule has 0 N–H and O–H groups in total. The molecule has 0 bridgehead atoms. The summed E-state index contributed by atoms with van der Waals surface area (Å²) in [6.07, 6.45) is 1.62. The van der Waals surface area contributed by atoms with E-state index in [-0.39, 0.29) is 16.9 Å². The summed E-state index contributed by atoms with van der Waals surface area (Å²) in [5, 5.41) is 0.161. The molecular weight excluding hydrogens is 192 g/mol. The molecule has 1 aromatic heterocycles. The Morgan fingerprint density at radius 2 is 2.31 bits per heavy atom. The maximum atomic E-state index is 10.9. The molecule has 0 aliphatic carbocycles. The van der Waals surface area contributed by atoms with Crippen molar-refractivity contribution in [2.24, 2.45) is 0 Å². The second-order valence-electron chi connectivity index (χ2n) is 2.41. The fraction of sp³-hybridized carbons (Fsp3) is 0.375. The van der Waals surface area contributed by atoms with Gasteiger partial charge in [-0.05, 0) is 6.92 Å². The summed E-state index contributed by atoms with van der Waals surface area (Å²) in [5.41, 5.74) is 0.557. The van der Waals surface area contributed by atoms with E-state index in [0.29, 0.717) is 12.1 Å². The van der Waals surface area contributed by atoms with E-state index in [0.717, 1.165) is 0 Å². The molecule has 13 heavy (non-hydrogen) atoms. The SMILES string of the molecule is CCC(=O)Oc1c(C)ncnc1Cl. The molecule has 0 amide bonds. The summed E-state index contributed by atoms with van der Waals surface area (Å²) in [4.78, 5) is 18.5. The van der Waals surface area contributed by atoms with Crippen molar-refractivity contribution >= 4 is 17.6 Å². The third kappa shape index (κ3) is 2.39. The molecule has 70 valence electrons. The summed E-state index contributed by atoms with van der Waals surface area (Å²) in [6, 6.07) is 0. The molecule has 0 atom stereocenters. The molecule has 1 aromatic rings. The minimum absolute atomic E-state index is 0.161. The summed E-state index contributed by atoms with van der Waals surface area (Å²) < 4.78 is 4.93. The Morgan fingerprint density at radius 1 is 1.62 bits per heavy atom. The number of aryl methyl sites for hydroxylation is 1. The van der Waals surface area contributed by atoms with E-state index in [1.807, 2.05) is 0 Å². The molecule has 0 aromatic carbocycles. The Balaban J connectivity index is 2.93. The predicted molar refractivity (Wildman–Crippen MR) is 47.7 cm³/mol. The van der Waals surface area contributed by atoms with Crippen LogP contribution in [0.2, 0.25) is 5.15 Å². The van der Waals surface area contributed by atoms with E-state index in [1.54, 1.807) is 13.8 Å². The zero-order chi connectivity index (χ0) is 9.84. The van der Waals surface area contributed by atoms with E-state index in [4.69, 9.17) is 16.3 Å². The monoisotopic (exact) mass is 200 g/mol. The summed E-state index contributed by atoms with van der Waals surface area (Å²) in [7, 11) is 0. The van der Waals surface area contributed by atoms with Crippen molar-refractivity contribution in [1.29, 1.82) is 0 Å². The van der Waals surface area contributed by atoms with Gasteiger partial charge in [0.05, 0.1) is 5.69 Å². The fourth-order valence-electron chi connectivity index (χ4n) is 0.735. The number of hydrogen-bond acceptors (Lipinski definition) is 4. The molecule has 5 heteroatoms. The van der Waals surface area contributed by atoms with Gasteiger partial charge < -0.3 is 4.74 Å². The number of carbonyl (C=O) groups excluding carboxylic acids is 1. The molecule has 4 nitrogen and oxygen atoms in total. The Hall–Kier alpha value is -1.16. The lowest BCUT2D eigenvalue weighted by atomic mass is 10.4. The van der Waals surface area contributed by atoms with Gasteiger partial charge in [-0.3, -0.25) is 4.79 Å². The van der Waals surface area contributed by atoms with Gasteiger partial charge in [-0.1, -0.05) is 18.5 Å². The van der Waals surface area contributed by atoms with Crippen molar-refractivity contribution in [3.63, 3.8) is 0 Å². The average Bonchev–Trinajstić information content (AvgIpc) is 2.11. The summed E-state index contributed by atoms with van der Waals surface area (Å²) in [5.74, 6) is -0.101. The van der Waals surface area contributed by atoms with Crippen molar-refractivity contribution in [2.45, 2.75) is 20.3 Å². The molecule has 0 saturated carbocycles. The lowest BCUT2D eigenvalue weighted by Gasteiger charge is -2.05. The van der Waals surface area contributed by atoms with Gasteiger partial charge in [0.25, 0.3) is 0 Å². The zero-order valence-electron chi connectivity index (χ0n) is 7.37. The number of ether oxygens (including phenoxy) is 1. The standard InChI is InChI=1S/C8H9ClN2O2/c1-3-6(12)13-7-5(2)10-4-11-8(7)9/h4H,3H2,1-2H3. The first-order valence-corrected chi connectivity index (χ1v) is 4.20. The Bertz CT molecular complexity index is 308. The number of hydrogen-bond donors (Lipinski definition) is 0. The number of rotatable bonds is 2. The topological polar surface area (TPSA) is 52.1 Å². The second kappa shape index (κ2) is 4.18. The van der Waals surface area contributed by atoms with Crippen LogP contribution >= 0.6 is 11.6 Å². The predicted octanol–water partition coefficient (Wildman–Crippen LogP) is 1.75. The van der Waals surface area contributed by atoms with Gasteiger partial charge in [0.15, 0.2) is 10.9 Å². The third-order valence-electron chi connectivity index (χ3n) is 1.44.